The molecule has 0 atom stereocenters. The summed E-state index contributed by atoms with van der Waals surface area (Å²) in [6.07, 6.45) is 0. The summed E-state index contributed by atoms with van der Waals surface area (Å²) in [5.41, 5.74) is 4.69. The number of methoxy groups -OCH3 is 1. The zero-order valence-electron chi connectivity index (χ0n) is 16.3. The predicted molar refractivity (Wildman–Crippen MR) is 119 cm³/mol. The summed E-state index contributed by atoms with van der Waals surface area (Å²) in [7, 11) is 1.65. The van der Waals surface area contributed by atoms with Crippen molar-refractivity contribution < 1.29 is 9.15 Å². The molecule has 0 unspecified atom stereocenters. The van der Waals surface area contributed by atoms with Crippen LogP contribution in [0.1, 0.15) is 11.1 Å². The van der Waals surface area contributed by atoms with Crippen molar-refractivity contribution in [2.24, 2.45) is 4.99 Å². The number of benzene rings is 3. The van der Waals surface area contributed by atoms with E-state index in [0.29, 0.717) is 10.0 Å². The lowest BCUT2D eigenvalue weighted by Gasteiger charge is -2.09. The molecule has 4 rings (SSSR count). The number of fused-ring (bicyclic) bond motifs is 1. The Hall–Kier alpha value is -2.75. The molecular formula is C24H19Cl2NO2. The van der Waals surface area contributed by atoms with Crippen molar-refractivity contribution in [2.75, 3.05) is 7.11 Å². The molecule has 1 aromatic heterocycles. The highest BCUT2D eigenvalue weighted by atomic mass is 35.5. The van der Waals surface area contributed by atoms with Crippen LogP contribution in [0.5, 0.6) is 5.75 Å². The largest absolute Gasteiger partial charge is 0.497 e. The van der Waals surface area contributed by atoms with Crippen LogP contribution < -0.4 is 10.1 Å². The Bertz CT molecular complexity index is 1270. The van der Waals surface area contributed by atoms with Gasteiger partial charge in [-0.05, 0) is 73.5 Å². The molecule has 0 spiro atoms. The summed E-state index contributed by atoms with van der Waals surface area (Å²) in [4.78, 5) is 4.85. The average molecular weight is 424 g/mol. The van der Waals surface area contributed by atoms with Gasteiger partial charge in [0.25, 0.3) is 0 Å². The fourth-order valence-electron chi connectivity index (χ4n) is 3.36. The number of ether oxygens (including phenoxy) is 1. The minimum Gasteiger partial charge on any atom is -0.497 e. The third kappa shape index (κ3) is 4.02. The number of nitrogens with zero attached hydrogens (tertiary/aromatic N) is 1. The molecule has 0 aliphatic carbocycles. The maximum absolute atomic E-state index is 6.26. The summed E-state index contributed by atoms with van der Waals surface area (Å²) in [6, 6.07) is 19.2. The minimum absolute atomic E-state index is 0.473. The van der Waals surface area contributed by atoms with Gasteiger partial charge >= 0.3 is 0 Å². The Labute approximate surface area is 179 Å². The smallest absolute Gasteiger partial charge is 0.137 e. The van der Waals surface area contributed by atoms with Gasteiger partial charge in [0.05, 0.1) is 28.2 Å². The summed E-state index contributed by atoms with van der Waals surface area (Å²) in [5, 5.41) is 2.76. The monoisotopic (exact) mass is 423 g/mol. The van der Waals surface area contributed by atoms with E-state index in [0.717, 1.165) is 50.2 Å². The molecule has 5 heteroatoms. The fraction of sp³-hybridized carbons (Fsp3) is 0.125. The number of aryl methyl sites for hydroxylation is 2. The van der Waals surface area contributed by atoms with Crippen LogP contribution in [-0.4, -0.2) is 7.11 Å². The van der Waals surface area contributed by atoms with Crippen molar-refractivity contribution in [3.05, 3.63) is 87.2 Å². The summed E-state index contributed by atoms with van der Waals surface area (Å²) in [6.45, 7) is 4.11. The lowest BCUT2D eigenvalue weighted by Crippen LogP contribution is -2.05. The maximum Gasteiger partial charge on any atom is 0.137 e. The molecule has 0 saturated heterocycles. The summed E-state index contributed by atoms with van der Waals surface area (Å²) >= 11 is 12.2. The standard InChI is InChI=1S/C24H19Cl2NO2/c1-14-10-15(2)24-21(27-17-6-9-19(25)20(26)12-17)13-22(29-23(24)11-14)16-4-7-18(28-3)8-5-16/h4-13H,1-3H3. The number of hydrogen-bond acceptors (Lipinski definition) is 3. The molecule has 1 heterocycles. The highest BCUT2D eigenvalue weighted by Gasteiger charge is 2.10. The molecular weight excluding hydrogens is 405 g/mol. The molecule has 0 aliphatic rings. The van der Waals surface area contributed by atoms with E-state index in [9.17, 15) is 0 Å². The number of rotatable bonds is 3. The van der Waals surface area contributed by atoms with E-state index in [2.05, 4.69) is 19.9 Å². The Kier molecular flexibility index (Phi) is 5.35. The van der Waals surface area contributed by atoms with Gasteiger partial charge in [-0.15, -0.1) is 0 Å². The number of halogens is 2. The van der Waals surface area contributed by atoms with Gasteiger partial charge in [-0.25, -0.2) is 4.99 Å². The third-order valence-corrected chi connectivity index (χ3v) is 5.45. The Morgan fingerprint density at radius 3 is 2.31 bits per heavy atom. The van der Waals surface area contributed by atoms with Crippen LogP contribution >= 0.6 is 23.2 Å². The molecule has 0 saturated carbocycles. The van der Waals surface area contributed by atoms with Crippen molar-refractivity contribution in [3.63, 3.8) is 0 Å². The minimum atomic E-state index is 0.473. The molecule has 146 valence electrons. The maximum atomic E-state index is 6.26. The SMILES string of the molecule is COc1ccc(-c2cc(=Nc3ccc(Cl)c(Cl)c3)c3c(C)cc(C)cc3o2)cc1. The lowest BCUT2D eigenvalue weighted by atomic mass is 10.0. The zero-order valence-corrected chi connectivity index (χ0v) is 17.8. The second kappa shape index (κ2) is 7.94. The average Bonchev–Trinajstić information content (AvgIpc) is 2.70. The fourth-order valence-corrected chi connectivity index (χ4v) is 3.65. The van der Waals surface area contributed by atoms with Crippen molar-refractivity contribution in [1.82, 2.24) is 0 Å². The second-order valence-electron chi connectivity index (χ2n) is 6.89. The van der Waals surface area contributed by atoms with Crippen LogP contribution in [-0.2, 0) is 0 Å². The number of hydrogen-bond donors (Lipinski definition) is 0. The van der Waals surface area contributed by atoms with Crippen LogP contribution in [0.25, 0.3) is 22.3 Å². The molecule has 3 nitrogen and oxygen atoms in total. The molecule has 0 radical (unpaired) electrons. The summed E-state index contributed by atoms with van der Waals surface area (Å²) < 4.78 is 11.5. The van der Waals surface area contributed by atoms with Gasteiger partial charge in [0, 0.05) is 17.0 Å². The quantitative estimate of drug-likeness (QED) is 0.347. The van der Waals surface area contributed by atoms with E-state index in [1.54, 1.807) is 19.2 Å². The first kappa shape index (κ1) is 19.6. The summed E-state index contributed by atoms with van der Waals surface area (Å²) in [5.74, 6) is 1.52. The Morgan fingerprint density at radius 2 is 1.62 bits per heavy atom. The van der Waals surface area contributed by atoms with Gasteiger partial charge in [0.2, 0.25) is 0 Å². The van der Waals surface area contributed by atoms with Gasteiger partial charge in [-0.3, -0.25) is 0 Å². The van der Waals surface area contributed by atoms with E-state index in [4.69, 9.17) is 37.3 Å². The third-order valence-electron chi connectivity index (χ3n) is 4.71. The molecule has 0 fully saturated rings. The molecule has 0 aliphatic heterocycles. The first-order chi connectivity index (χ1) is 13.9. The van der Waals surface area contributed by atoms with E-state index in [1.807, 2.05) is 42.5 Å². The van der Waals surface area contributed by atoms with Gasteiger partial charge in [-0.2, -0.15) is 0 Å². The van der Waals surface area contributed by atoms with Gasteiger partial charge < -0.3 is 9.15 Å². The zero-order chi connectivity index (χ0) is 20.5. The van der Waals surface area contributed by atoms with E-state index >= 15 is 0 Å². The lowest BCUT2D eigenvalue weighted by molar-refractivity contribution is 0.415. The predicted octanol–water partition coefficient (Wildman–Crippen LogP) is 7.26. The normalized spacial score (nSPS) is 11.8. The highest BCUT2D eigenvalue weighted by Crippen LogP contribution is 2.29. The second-order valence-corrected chi connectivity index (χ2v) is 7.70. The topological polar surface area (TPSA) is 34.7 Å². The van der Waals surface area contributed by atoms with E-state index < -0.39 is 0 Å². The van der Waals surface area contributed by atoms with Crippen molar-refractivity contribution in [2.45, 2.75) is 13.8 Å². The van der Waals surface area contributed by atoms with E-state index in [-0.39, 0.29) is 0 Å². The van der Waals surface area contributed by atoms with Gasteiger partial charge in [-0.1, -0.05) is 29.3 Å². The first-order valence-corrected chi connectivity index (χ1v) is 9.89. The molecule has 0 N–H and O–H groups in total. The van der Waals surface area contributed by atoms with Gasteiger partial charge in [0.15, 0.2) is 0 Å². The van der Waals surface area contributed by atoms with Crippen LogP contribution in [0.3, 0.4) is 0 Å². The van der Waals surface area contributed by atoms with Crippen molar-refractivity contribution in [3.8, 4) is 17.1 Å². The van der Waals surface area contributed by atoms with Crippen molar-refractivity contribution in [1.29, 1.82) is 0 Å². The Balaban J connectivity index is 2.00. The van der Waals surface area contributed by atoms with Gasteiger partial charge in [0.1, 0.15) is 17.1 Å². The van der Waals surface area contributed by atoms with Crippen LogP contribution in [0.4, 0.5) is 5.69 Å². The first-order valence-electron chi connectivity index (χ1n) is 9.14. The van der Waals surface area contributed by atoms with Crippen LogP contribution in [0.15, 0.2) is 70.1 Å². The van der Waals surface area contributed by atoms with Crippen LogP contribution in [0, 0.1) is 13.8 Å². The van der Waals surface area contributed by atoms with Crippen LogP contribution in [0.2, 0.25) is 10.0 Å². The molecule has 29 heavy (non-hydrogen) atoms. The molecule has 0 amide bonds. The molecule has 0 bridgehead atoms. The molecule has 3 aromatic carbocycles. The highest BCUT2D eigenvalue weighted by molar-refractivity contribution is 6.42. The Morgan fingerprint density at radius 1 is 0.862 bits per heavy atom. The molecule has 4 aromatic rings. The van der Waals surface area contributed by atoms with Crippen molar-refractivity contribution >= 4 is 39.9 Å². The van der Waals surface area contributed by atoms with E-state index in [1.165, 1.54) is 0 Å².